The molecule has 3 rings (SSSR count). The summed E-state index contributed by atoms with van der Waals surface area (Å²) in [7, 11) is 0. The number of aryl methyl sites for hydroxylation is 1. The van der Waals surface area contributed by atoms with Crippen LogP contribution < -0.4 is 0 Å². The van der Waals surface area contributed by atoms with Gasteiger partial charge in [0.25, 0.3) is 0 Å². The standard InChI is InChI=1S/C21H32ClN3/c1-3-5-12-24(13-6-4-2)14-7-15-25-20-11-10-18(22)16-19(20)23-21(25)17-8-9-17/h10-11,16-17H,3-9,12-15H2,1-2H3. The Morgan fingerprint density at radius 1 is 1.08 bits per heavy atom. The van der Waals surface area contributed by atoms with Crippen LogP contribution in [0.25, 0.3) is 11.0 Å². The third-order valence-electron chi connectivity index (χ3n) is 5.19. The van der Waals surface area contributed by atoms with Crippen LogP contribution in [0.1, 0.15) is 70.5 Å². The smallest absolute Gasteiger partial charge is 0.112 e. The zero-order chi connectivity index (χ0) is 17.6. The van der Waals surface area contributed by atoms with Gasteiger partial charge in [0.1, 0.15) is 5.82 Å². The fraction of sp³-hybridized carbons (Fsp3) is 0.667. The number of benzene rings is 1. The molecule has 0 saturated heterocycles. The van der Waals surface area contributed by atoms with Crippen LogP contribution in [0, 0.1) is 0 Å². The van der Waals surface area contributed by atoms with E-state index in [1.54, 1.807) is 0 Å². The molecule has 0 radical (unpaired) electrons. The van der Waals surface area contributed by atoms with E-state index < -0.39 is 0 Å². The van der Waals surface area contributed by atoms with E-state index in [-0.39, 0.29) is 0 Å². The summed E-state index contributed by atoms with van der Waals surface area (Å²) in [6.45, 7) is 9.31. The monoisotopic (exact) mass is 361 g/mol. The first kappa shape index (κ1) is 18.7. The lowest BCUT2D eigenvalue weighted by Gasteiger charge is -2.22. The molecular formula is C21H32ClN3. The van der Waals surface area contributed by atoms with Gasteiger partial charge in [-0.2, -0.15) is 0 Å². The fourth-order valence-electron chi connectivity index (χ4n) is 3.56. The molecule has 0 spiro atoms. The minimum Gasteiger partial charge on any atom is -0.328 e. The predicted molar refractivity (Wildman–Crippen MR) is 108 cm³/mol. The van der Waals surface area contributed by atoms with Gasteiger partial charge in [0.15, 0.2) is 0 Å². The van der Waals surface area contributed by atoms with Gasteiger partial charge in [-0.05, 0) is 69.9 Å². The number of halogens is 1. The van der Waals surface area contributed by atoms with Crippen molar-refractivity contribution in [3.63, 3.8) is 0 Å². The second-order valence-electron chi connectivity index (χ2n) is 7.43. The highest BCUT2D eigenvalue weighted by atomic mass is 35.5. The Bertz CT molecular complexity index is 667. The van der Waals surface area contributed by atoms with Gasteiger partial charge < -0.3 is 9.47 Å². The molecule has 0 atom stereocenters. The zero-order valence-corrected chi connectivity index (χ0v) is 16.6. The van der Waals surface area contributed by atoms with Crippen molar-refractivity contribution in [2.45, 2.75) is 71.3 Å². The van der Waals surface area contributed by atoms with Gasteiger partial charge in [-0.15, -0.1) is 0 Å². The lowest BCUT2D eigenvalue weighted by Crippen LogP contribution is -2.28. The second kappa shape index (κ2) is 9.05. The van der Waals surface area contributed by atoms with E-state index in [0.29, 0.717) is 5.92 Å². The Morgan fingerprint density at radius 3 is 2.40 bits per heavy atom. The van der Waals surface area contributed by atoms with Crippen molar-refractivity contribution < 1.29 is 0 Å². The minimum absolute atomic E-state index is 0.669. The van der Waals surface area contributed by atoms with Gasteiger partial charge >= 0.3 is 0 Å². The number of unbranched alkanes of at least 4 members (excludes halogenated alkanes) is 2. The van der Waals surface area contributed by atoms with Crippen molar-refractivity contribution in [2.24, 2.45) is 0 Å². The van der Waals surface area contributed by atoms with Crippen LogP contribution in [-0.2, 0) is 6.54 Å². The maximum absolute atomic E-state index is 6.16. The molecule has 138 valence electrons. The number of fused-ring (bicyclic) bond motifs is 1. The van der Waals surface area contributed by atoms with Crippen LogP contribution in [-0.4, -0.2) is 34.1 Å². The number of aromatic nitrogens is 2. The maximum Gasteiger partial charge on any atom is 0.112 e. The summed E-state index contributed by atoms with van der Waals surface area (Å²) < 4.78 is 2.46. The normalized spacial score (nSPS) is 14.7. The summed E-state index contributed by atoms with van der Waals surface area (Å²) in [5.74, 6) is 1.95. The first-order valence-corrected chi connectivity index (χ1v) is 10.5. The molecule has 0 N–H and O–H groups in total. The topological polar surface area (TPSA) is 21.1 Å². The highest BCUT2D eigenvalue weighted by Crippen LogP contribution is 2.41. The summed E-state index contributed by atoms with van der Waals surface area (Å²) in [6, 6.07) is 6.14. The first-order valence-electron chi connectivity index (χ1n) is 10.1. The highest BCUT2D eigenvalue weighted by Gasteiger charge is 2.29. The summed E-state index contributed by atoms with van der Waals surface area (Å²) in [4.78, 5) is 7.55. The highest BCUT2D eigenvalue weighted by molar-refractivity contribution is 6.31. The molecule has 1 aromatic heterocycles. The molecule has 2 aromatic rings. The van der Waals surface area contributed by atoms with Gasteiger partial charge in [0.05, 0.1) is 11.0 Å². The average Bonchev–Trinajstić information content (AvgIpc) is 3.39. The lowest BCUT2D eigenvalue weighted by molar-refractivity contribution is 0.257. The third-order valence-corrected chi connectivity index (χ3v) is 5.43. The first-order chi connectivity index (χ1) is 12.2. The Balaban J connectivity index is 1.66. The predicted octanol–water partition coefficient (Wildman–Crippen LogP) is 5.86. The number of imidazole rings is 1. The van der Waals surface area contributed by atoms with Crippen LogP contribution in [0.5, 0.6) is 0 Å². The second-order valence-corrected chi connectivity index (χ2v) is 7.87. The lowest BCUT2D eigenvalue weighted by atomic mass is 10.2. The molecule has 3 nitrogen and oxygen atoms in total. The molecule has 0 amide bonds. The van der Waals surface area contributed by atoms with Gasteiger partial charge in [-0.3, -0.25) is 0 Å². The molecule has 1 aromatic carbocycles. The molecule has 1 aliphatic rings. The van der Waals surface area contributed by atoms with Crippen molar-refractivity contribution in [1.82, 2.24) is 14.5 Å². The molecule has 1 saturated carbocycles. The van der Waals surface area contributed by atoms with E-state index in [1.165, 1.54) is 75.9 Å². The van der Waals surface area contributed by atoms with Crippen molar-refractivity contribution in [3.8, 4) is 0 Å². The maximum atomic E-state index is 6.16. The number of hydrogen-bond acceptors (Lipinski definition) is 2. The molecule has 1 heterocycles. The third kappa shape index (κ3) is 4.98. The van der Waals surface area contributed by atoms with Gasteiger partial charge in [0, 0.05) is 17.5 Å². The summed E-state index contributed by atoms with van der Waals surface area (Å²) >= 11 is 6.16. The molecule has 4 heteroatoms. The van der Waals surface area contributed by atoms with Crippen molar-refractivity contribution in [2.75, 3.05) is 19.6 Å². The summed E-state index contributed by atoms with van der Waals surface area (Å²) in [5, 5.41) is 0.782. The van der Waals surface area contributed by atoms with Crippen LogP contribution >= 0.6 is 11.6 Å². The SMILES string of the molecule is CCCCN(CCCC)CCCn1c(C2CC2)nc2cc(Cl)ccc21. The average molecular weight is 362 g/mol. The molecule has 0 unspecified atom stereocenters. The Morgan fingerprint density at radius 2 is 1.76 bits per heavy atom. The summed E-state index contributed by atoms with van der Waals surface area (Å²) in [6.07, 6.45) is 8.95. The van der Waals surface area contributed by atoms with E-state index in [9.17, 15) is 0 Å². The molecule has 0 aliphatic heterocycles. The molecule has 25 heavy (non-hydrogen) atoms. The fourth-order valence-corrected chi connectivity index (χ4v) is 3.73. The van der Waals surface area contributed by atoms with Crippen LogP contribution in [0.2, 0.25) is 5.02 Å². The number of rotatable bonds is 11. The van der Waals surface area contributed by atoms with Crippen molar-refractivity contribution in [3.05, 3.63) is 29.0 Å². The van der Waals surface area contributed by atoms with Crippen LogP contribution in [0.15, 0.2) is 18.2 Å². The molecule has 1 fully saturated rings. The van der Waals surface area contributed by atoms with Gasteiger partial charge in [-0.25, -0.2) is 4.98 Å². The van der Waals surface area contributed by atoms with E-state index in [1.807, 2.05) is 12.1 Å². The number of nitrogens with zero attached hydrogens (tertiary/aromatic N) is 3. The minimum atomic E-state index is 0.669. The van der Waals surface area contributed by atoms with Crippen LogP contribution in [0.4, 0.5) is 0 Å². The summed E-state index contributed by atoms with van der Waals surface area (Å²) in [5.41, 5.74) is 2.31. The van der Waals surface area contributed by atoms with E-state index in [2.05, 4.69) is 29.4 Å². The van der Waals surface area contributed by atoms with Crippen LogP contribution in [0.3, 0.4) is 0 Å². The zero-order valence-electron chi connectivity index (χ0n) is 15.8. The molecular weight excluding hydrogens is 330 g/mol. The quantitative estimate of drug-likeness (QED) is 0.499. The Labute approximate surface area is 157 Å². The van der Waals surface area contributed by atoms with E-state index in [0.717, 1.165) is 17.1 Å². The largest absolute Gasteiger partial charge is 0.328 e. The van der Waals surface area contributed by atoms with E-state index >= 15 is 0 Å². The molecule has 0 bridgehead atoms. The Kier molecular flexibility index (Phi) is 6.77. The number of hydrogen-bond donors (Lipinski definition) is 0. The van der Waals surface area contributed by atoms with Crippen molar-refractivity contribution >= 4 is 22.6 Å². The van der Waals surface area contributed by atoms with Gasteiger partial charge in [0.2, 0.25) is 0 Å². The van der Waals surface area contributed by atoms with E-state index in [4.69, 9.17) is 16.6 Å². The Hall–Kier alpha value is -1.06. The van der Waals surface area contributed by atoms with Crippen molar-refractivity contribution in [1.29, 1.82) is 0 Å². The van der Waals surface area contributed by atoms with Gasteiger partial charge in [-0.1, -0.05) is 38.3 Å². The molecule has 1 aliphatic carbocycles.